The molecule has 39 heavy (non-hydrogen) atoms. The zero-order valence-electron chi connectivity index (χ0n) is 21.6. The summed E-state index contributed by atoms with van der Waals surface area (Å²) in [5.74, 6) is 1.99. The first-order valence-corrected chi connectivity index (χ1v) is 13.3. The minimum absolute atomic E-state index is 0.660. The topological polar surface area (TPSA) is 43.6 Å². The van der Waals surface area contributed by atoms with Gasteiger partial charge in [-0.3, -0.25) is 0 Å². The molecule has 0 N–H and O–H groups in total. The Kier molecular flexibility index (Phi) is 5.71. The Morgan fingerprint density at radius 2 is 1.00 bits per heavy atom. The van der Waals surface area contributed by atoms with Crippen LogP contribution in [0.2, 0.25) is 0 Å². The van der Waals surface area contributed by atoms with E-state index in [1.807, 2.05) is 60.7 Å². The molecule has 0 aliphatic heterocycles. The fourth-order valence-corrected chi connectivity index (χ4v) is 5.43. The van der Waals surface area contributed by atoms with Crippen LogP contribution in [0.25, 0.3) is 67.1 Å². The Bertz CT molecular complexity index is 1880. The van der Waals surface area contributed by atoms with E-state index in [1.165, 1.54) is 27.4 Å². The van der Waals surface area contributed by atoms with Gasteiger partial charge >= 0.3 is 0 Å². The van der Waals surface area contributed by atoms with Crippen molar-refractivity contribution < 1.29 is 0 Å². The van der Waals surface area contributed by atoms with Gasteiger partial charge in [-0.2, -0.15) is 0 Å². The molecule has 0 unspecified atom stereocenters. The predicted octanol–water partition coefficient (Wildman–Crippen LogP) is 8.67. The minimum Gasteiger partial charge on any atom is -0.340 e. The fourth-order valence-electron chi connectivity index (χ4n) is 5.43. The molecule has 186 valence electrons. The molecule has 2 aromatic heterocycles. The van der Waals surface area contributed by atoms with Gasteiger partial charge in [-0.25, -0.2) is 15.0 Å². The number of hydrogen-bond acceptors (Lipinski definition) is 3. The van der Waals surface area contributed by atoms with Crippen molar-refractivity contribution in [2.45, 2.75) is 13.5 Å². The van der Waals surface area contributed by atoms with E-state index in [9.17, 15) is 0 Å². The molecule has 4 heteroatoms. The van der Waals surface area contributed by atoms with Gasteiger partial charge in [0, 0.05) is 45.1 Å². The van der Waals surface area contributed by atoms with E-state index in [4.69, 9.17) is 15.0 Å². The molecule has 0 fully saturated rings. The summed E-state index contributed by atoms with van der Waals surface area (Å²) in [5.41, 5.74) is 7.74. The van der Waals surface area contributed by atoms with Crippen molar-refractivity contribution in [1.29, 1.82) is 0 Å². The van der Waals surface area contributed by atoms with Gasteiger partial charge < -0.3 is 4.57 Å². The number of rotatable bonds is 5. The zero-order valence-corrected chi connectivity index (χ0v) is 21.6. The Balaban J connectivity index is 1.42. The second-order valence-electron chi connectivity index (χ2n) is 9.58. The summed E-state index contributed by atoms with van der Waals surface area (Å²) >= 11 is 0. The van der Waals surface area contributed by atoms with Gasteiger partial charge in [0.15, 0.2) is 17.5 Å². The fraction of sp³-hybridized carbons (Fsp3) is 0.0571. The van der Waals surface area contributed by atoms with Crippen LogP contribution in [0.5, 0.6) is 0 Å². The molecule has 0 saturated carbocycles. The van der Waals surface area contributed by atoms with E-state index < -0.39 is 0 Å². The maximum absolute atomic E-state index is 4.94. The lowest BCUT2D eigenvalue weighted by Crippen LogP contribution is -2.00. The van der Waals surface area contributed by atoms with E-state index in [1.54, 1.807) is 0 Å². The van der Waals surface area contributed by atoms with Gasteiger partial charge in [-0.1, -0.05) is 115 Å². The summed E-state index contributed by atoms with van der Waals surface area (Å²) in [7, 11) is 0. The SMILES string of the molecule is CCn1c2ccccc2c2cccc(-c3cccc(-c4nc(-c5ccccc5)nc(-c5ccccc5)n4)c3)c21. The van der Waals surface area contributed by atoms with Crippen LogP contribution < -0.4 is 0 Å². The van der Waals surface area contributed by atoms with Crippen LogP contribution in [-0.2, 0) is 6.54 Å². The van der Waals surface area contributed by atoms with Gasteiger partial charge in [0.05, 0.1) is 5.52 Å². The van der Waals surface area contributed by atoms with Crippen LogP contribution in [-0.4, -0.2) is 19.5 Å². The number of benzene rings is 5. The van der Waals surface area contributed by atoms with E-state index in [-0.39, 0.29) is 0 Å². The monoisotopic (exact) mass is 502 g/mol. The molecule has 0 saturated heterocycles. The average Bonchev–Trinajstić information content (AvgIpc) is 3.35. The van der Waals surface area contributed by atoms with Crippen molar-refractivity contribution in [3.8, 4) is 45.3 Å². The Morgan fingerprint density at radius 3 is 1.67 bits per heavy atom. The average molecular weight is 503 g/mol. The van der Waals surface area contributed by atoms with E-state index in [2.05, 4.69) is 78.2 Å². The molecule has 0 atom stereocenters. The van der Waals surface area contributed by atoms with Crippen LogP contribution in [0.1, 0.15) is 6.92 Å². The van der Waals surface area contributed by atoms with E-state index in [0.29, 0.717) is 17.5 Å². The first kappa shape index (κ1) is 23.1. The first-order valence-electron chi connectivity index (χ1n) is 13.3. The molecule has 0 bridgehead atoms. The lowest BCUT2D eigenvalue weighted by Gasteiger charge is -2.11. The van der Waals surface area contributed by atoms with E-state index >= 15 is 0 Å². The number of aryl methyl sites for hydroxylation is 1. The molecular formula is C35H26N4. The summed E-state index contributed by atoms with van der Waals surface area (Å²) in [6, 6.07) is 44.0. The highest BCUT2D eigenvalue weighted by molar-refractivity contribution is 6.12. The maximum Gasteiger partial charge on any atom is 0.164 e. The number of aromatic nitrogens is 4. The molecule has 0 aliphatic carbocycles. The molecule has 7 aromatic rings. The second-order valence-corrected chi connectivity index (χ2v) is 9.58. The highest BCUT2D eigenvalue weighted by Gasteiger charge is 2.16. The summed E-state index contributed by atoms with van der Waals surface area (Å²) in [5, 5.41) is 2.55. The van der Waals surface area contributed by atoms with Gasteiger partial charge in [-0.05, 0) is 24.6 Å². The summed E-state index contributed by atoms with van der Waals surface area (Å²) in [6.07, 6.45) is 0. The Labute approximate surface area is 227 Å². The van der Waals surface area contributed by atoms with Crippen molar-refractivity contribution >= 4 is 21.8 Å². The van der Waals surface area contributed by atoms with Crippen LogP contribution >= 0.6 is 0 Å². The molecule has 0 aliphatic rings. The summed E-state index contributed by atoms with van der Waals surface area (Å²) in [4.78, 5) is 14.7. The molecular weight excluding hydrogens is 476 g/mol. The lowest BCUT2D eigenvalue weighted by molar-refractivity contribution is 0.828. The third kappa shape index (κ3) is 4.07. The number of para-hydroxylation sites is 2. The van der Waals surface area contributed by atoms with E-state index in [0.717, 1.165) is 28.8 Å². The van der Waals surface area contributed by atoms with Crippen LogP contribution in [0.4, 0.5) is 0 Å². The molecule has 2 heterocycles. The molecule has 7 rings (SSSR count). The molecule has 0 spiro atoms. The normalized spacial score (nSPS) is 11.3. The Morgan fingerprint density at radius 1 is 0.487 bits per heavy atom. The predicted molar refractivity (Wildman–Crippen MR) is 160 cm³/mol. The number of hydrogen-bond donors (Lipinski definition) is 0. The molecule has 0 radical (unpaired) electrons. The lowest BCUT2D eigenvalue weighted by atomic mass is 10.00. The van der Waals surface area contributed by atoms with Crippen molar-refractivity contribution in [3.63, 3.8) is 0 Å². The van der Waals surface area contributed by atoms with Gasteiger partial charge in [0.25, 0.3) is 0 Å². The number of fused-ring (bicyclic) bond motifs is 3. The standard InChI is InChI=1S/C35H26N4/c1-2-39-31-22-10-9-19-29(31)30-21-12-20-28(32(30)39)26-17-11-18-27(23-26)35-37-33(24-13-5-3-6-14-24)36-34(38-35)25-15-7-4-8-16-25/h3-23H,2H2,1H3. The largest absolute Gasteiger partial charge is 0.340 e. The van der Waals surface area contributed by atoms with Crippen LogP contribution in [0.3, 0.4) is 0 Å². The first-order chi connectivity index (χ1) is 19.3. The quantitative estimate of drug-likeness (QED) is 0.236. The van der Waals surface area contributed by atoms with Gasteiger partial charge in [0.2, 0.25) is 0 Å². The highest BCUT2D eigenvalue weighted by Crippen LogP contribution is 2.37. The third-order valence-corrected chi connectivity index (χ3v) is 7.24. The maximum atomic E-state index is 4.94. The van der Waals surface area contributed by atoms with Crippen molar-refractivity contribution in [1.82, 2.24) is 19.5 Å². The van der Waals surface area contributed by atoms with Crippen LogP contribution in [0, 0.1) is 0 Å². The highest BCUT2D eigenvalue weighted by atomic mass is 15.0. The van der Waals surface area contributed by atoms with Crippen molar-refractivity contribution in [3.05, 3.63) is 127 Å². The summed E-state index contributed by atoms with van der Waals surface area (Å²) < 4.78 is 2.41. The smallest absolute Gasteiger partial charge is 0.164 e. The number of nitrogens with zero attached hydrogens (tertiary/aromatic N) is 4. The third-order valence-electron chi connectivity index (χ3n) is 7.24. The Hall–Kier alpha value is -5.09. The zero-order chi connectivity index (χ0) is 26.2. The van der Waals surface area contributed by atoms with Crippen LogP contribution in [0.15, 0.2) is 127 Å². The minimum atomic E-state index is 0.660. The van der Waals surface area contributed by atoms with Gasteiger partial charge in [-0.15, -0.1) is 0 Å². The van der Waals surface area contributed by atoms with Gasteiger partial charge in [0.1, 0.15) is 0 Å². The van der Waals surface area contributed by atoms with Crippen molar-refractivity contribution in [2.75, 3.05) is 0 Å². The summed E-state index contributed by atoms with van der Waals surface area (Å²) in [6.45, 7) is 3.11. The molecule has 5 aromatic carbocycles. The molecule has 4 nitrogen and oxygen atoms in total. The second kappa shape index (κ2) is 9.66. The molecule has 0 amide bonds. The van der Waals surface area contributed by atoms with Crippen molar-refractivity contribution in [2.24, 2.45) is 0 Å².